The van der Waals surface area contributed by atoms with Crippen molar-refractivity contribution in [1.82, 2.24) is 9.62 Å². The van der Waals surface area contributed by atoms with Crippen LogP contribution in [0.2, 0.25) is 0 Å². The predicted molar refractivity (Wildman–Crippen MR) is 122 cm³/mol. The van der Waals surface area contributed by atoms with Gasteiger partial charge in [-0.15, -0.1) is 0 Å². The van der Waals surface area contributed by atoms with Crippen LogP contribution in [-0.2, 0) is 31.9 Å². The van der Waals surface area contributed by atoms with Gasteiger partial charge in [-0.1, -0.05) is 36.0 Å². The van der Waals surface area contributed by atoms with E-state index in [1.54, 1.807) is 41.4 Å². The van der Waals surface area contributed by atoms with Crippen LogP contribution in [0.15, 0.2) is 54.5 Å². The summed E-state index contributed by atoms with van der Waals surface area (Å²) in [7, 11) is -3.70. The van der Waals surface area contributed by atoms with E-state index in [1.807, 2.05) is 16.7 Å². The van der Waals surface area contributed by atoms with Crippen molar-refractivity contribution in [2.75, 3.05) is 0 Å². The molecule has 3 atom stereocenters. The van der Waals surface area contributed by atoms with Crippen molar-refractivity contribution in [1.29, 1.82) is 5.26 Å². The standard InChI is InChI=1S/C22H20N4O6S2/c1-13(27)17-20(28)26-18(22(29)30)19(33-21(17)26)16-4-2-14(3-5-16)10-25-8-6-15(7-9-25)11-34(31,32)24-12-23/h2-9,13,17,21,24,27H,10-11H2,1H3/p+1/t13-,17+,21-/m1/s1. The second-order valence-corrected chi connectivity index (χ2v) is 10.9. The number of benzene rings is 1. The molecule has 1 aromatic heterocycles. The molecule has 0 unspecified atom stereocenters. The smallest absolute Gasteiger partial charge is 0.353 e. The molecule has 0 aliphatic carbocycles. The molecule has 2 aliphatic rings. The lowest BCUT2D eigenvalue weighted by Gasteiger charge is -2.43. The van der Waals surface area contributed by atoms with Gasteiger partial charge in [0, 0.05) is 22.6 Å². The maximum atomic E-state index is 12.4. The van der Waals surface area contributed by atoms with E-state index in [2.05, 4.69) is 0 Å². The maximum Gasteiger partial charge on any atom is 0.353 e. The number of rotatable bonds is 8. The van der Waals surface area contributed by atoms with Crippen LogP contribution in [0.5, 0.6) is 0 Å². The van der Waals surface area contributed by atoms with Gasteiger partial charge >= 0.3 is 5.97 Å². The number of aromatic nitrogens is 1. The SMILES string of the molecule is C[C@@H](O)[C@H]1C(=O)N2C(C(=O)O)=C(c3ccc(C[n+]4ccc(CS(=O)(=O)NC#N)cc4)cc3)S[C@H]12. The lowest BCUT2D eigenvalue weighted by atomic mass is 9.92. The van der Waals surface area contributed by atoms with Crippen LogP contribution in [0, 0.1) is 17.4 Å². The highest BCUT2D eigenvalue weighted by molar-refractivity contribution is 8.09. The van der Waals surface area contributed by atoms with E-state index in [9.17, 15) is 28.2 Å². The van der Waals surface area contributed by atoms with Crippen LogP contribution in [0.4, 0.5) is 0 Å². The van der Waals surface area contributed by atoms with Crippen molar-refractivity contribution in [3.63, 3.8) is 0 Å². The molecule has 1 aromatic carbocycles. The minimum absolute atomic E-state index is 0.0598. The average Bonchev–Trinajstić information content (AvgIpc) is 3.10. The molecule has 12 heteroatoms. The molecule has 3 heterocycles. The number of aliphatic carboxylic acids is 1. The van der Waals surface area contributed by atoms with E-state index in [1.165, 1.54) is 29.8 Å². The zero-order valence-electron chi connectivity index (χ0n) is 18.0. The Labute approximate surface area is 200 Å². The van der Waals surface area contributed by atoms with Crippen molar-refractivity contribution in [3.8, 4) is 6.19 Å². The van der Waals surface area contributed by atoms with Crippen molar-refractivity contribution < 1.29 is 32.8 Å². The molecule has 1 fully saturated rings. The topological polar surface area (TPSA) is 152 Å². The van der Waals surface area contributed by atoms with E-state index < -0.39 is 33.4 Å². The molecule has 34 heavy (non-hydrogen) atoms. The number of pyridine rings is 1. The van der Waals surface area contributed by atoms with Gasteiger partial charge in [0.05, 0.1) is 17.8 Å². The molecule has 0 bridgehead atoms. The number of amides is 1. The third kappa shape index (κ3) is 4.50. The van der Waals surface area contributed by atoms with Gasteiger partial charge in [0.1, 0.15) is 11.1 Å². The third-order valence-electron chi connectivity index (χ3n) is 5.60. The van der Waals surface area contributed by atoms with Gasteiger partial charge in [0.15, 0.2) is 25.1 Å². The Bertz CT molecular complexity index is 1310. The lowest BCUT2D eigenvalue weighted by molar-refractivity contribution is -0.688. The second kappa shape index (κ2) is 9.09. The molecule has 176 valence electrons. The molecular weight excluding hydrogens is 480 g/mol. The average molecular weight is 502 g/mol. The Kier molecular flexibility index (Phi) is 6.35. The molecule has 4 rings (SSSR count). The van der Waals surface area contributed by atoms with Gasteiger partial charge < -0.3 is 10.2 Å². The van der Waals surface area contributed by atoms with Crippen LogP contribution in [0.1, 0.15) is 23.6 Å². The lowest BCUT2D eigenvalue weighted by Crippen LogP contribution is -2.60. The highest BCUT2D eigenvalue weighted by Gasteiger charge is 2.57. The summed E-state index contributed by atoms with van der Waals surface area (Å²) in [5, 5.41) is 27.6. The summed E-state index contributed by atoms with van der Waals surface area (Å²) < 4.78 is 27.0. The molecule has 3 N–H and O–H groups in total. The number of nitrogens with zero attached hydrogens (tertiary/aromatic N) is 3. The van der Waals surface area contributed by atoms with Crippen LogP contribution in [0.3, 0.4) is 0 Å². The zero-order chi connectivity index (χ0) is 24.6. The number of sulfonamides is 1. The molecule has 0 saturated carbocycles. The predicted octanol–water partition coefficient (Wildman–Crippen LogP) is 0.588. The first kappa shape index (κ1) is 23.7. The number of β-lactam (4-membered cyclic amide) rings is 1. The molecule has 10 nitrogen and oxygen atoms in total. The van der Waals surface area contributed by atoms with Crippen LogP contribution < -0.4 is 9.29 Å². The largest absolute Gasteiger partial charge is 0.477 e. The Hall–Kier alpha value is -3.40. The fourth-order valence-corrected chi connectivity index (χ4v) is 6.43. The number of fused-ring (bicyclic) bond motifs is 1. The van der Waals surface area contributed by atoms with Crippen molar-refractivity contribution in [2.45, 2.75) is 30.7 Å². The number of nitriles is 1. The fourth-order valence-electron chi connectivity index (χ4n) is 3.97. The molecule has 0 radical (unpaired) electrons. The highest BCUT2D eigenvalue weighted by Crippen LogP contribution is 2.53. The Morgan fingerprint density at radius 3 is 2.44 bits per heavy atom. The minimum Gasteiger partial charge on any atom is -0.477 e. The highest BCUT2D eigenvalue weighted by atomic mass is 32.2. The molecule has 2 aliphatic heterocycles. The van der Waals surface area contributed by atoms with E-state index in [0.717, 1.165) is 5.56 Å². The number of carboxylic acid groups (broad SMARTS) is 1. The van der Waals surface area contributed by atoms with E-state index in [0.29, 0.717) is 22.6 Å². The number of carbonyl (C=O) groups excluding carboxylic acids is 1. The second-order valence-electron chi connectivity index (χ2n) is 8.01. The Morgan fingerprint density at radius 2 is 1.88 bits per heavy atom. The number of aliphatic hydroxyl groups excluding tert-OH is 1. The monoisotopic (exact) mass is 501 g/mol. The zero-order valence-corrected chi connectivity index (χ0v) is 19.6. The fraction of sp³-hybridized carbons (Fsp3) is 0.273. The number of nitrogens with one attached hydrogen (secondary N) is 1. The number of hydrogen-bond acceptors (Lipinski definition) is 7. The van der Waals surface area contributed by atoms with E-state index in [4.69, 9.17) is 5.26 Å². The van der Waals surface area contributed by atoms with Gasteiger partial charge in [-0.05, 0) is 18.1 Å². The molecule has 1 saturated heterocycles. The van der Waals surface area contributed by atoms with Crippen molar-refractivity contribution >= 4 is 38.6 Å². The summed E-state index contributed by atoms with van der Waals surface area (Å²) in [4.78, 5) is 26.0. The van der Waals surface area contributed by atoms with Gasteiger partial charge in [-0.3, -0.25) is 9.69 Å². The summed E-state index contributed by atoms with van der Waals surface area (Å²) in [6, 6.07) is 10.6. The summed E-state index contributed by atoms with van der Waals surface area (Å²) >= 11 is 1.27. The summed E-state index contributed by atoms with van der Waals surface area (Å²) in [5.41, 5.74) is 2.08. The molecule has 1 amide bonds. The summed E-state index contributed by atoms with van der Waals surface area (Å²) in [6.07, 6.45) is 4.02. The summed E-state index contributed by atoms with van der Waals surface area (Å²) in [5.74, 6) is -2.49. The number of carbonyl (C=O) groups is 2. The van der Waals surface area contributed by atoms with Gasteiger partial charge in [0.2, 0.25) is 15.9 Å². The Balaban J connectivity index is 1.48. The third-order valence-corrected chi connectivity index (χ3v) is 8.13. The Morgan fingerprint density at radius 1 is 1.24 bits per heavy atom. The van der Waals surface area contributed by atoms with Crippen molar-refractivity contribution in [2.24, 2.45) is 5.92 Å². The van der Waals surface area contributed by atoms with Crippen molar-refractivity contribution in [3.05, 3.63) is 71.2 Å². The maximum absolute atomic E-state index is 12.4. The van der Waals surface area contributed by atoms with Crippen LogP contribution >= 0.6 is 11.8 Å². The molecular formula is C22H21N4O6S2+. The quantitative estimate of drug-likeness (QED) is 0.206. The van der Waals surface area contributed by atoms with Gasteiger partial charge in [-0.25, -0.2) is 22.5 Å². The molecule has 2 aromatic rings. The first-order valence-electron chi connectivity index (χ1n) is 10.2. The first-order valence-corrected chi connectivity index (χ1v) is 12.8. The van der Waals surface area contributed by atoms with E-state index in [-0.39, 0.29) is 17.4 Å². The van der Waals surface area contributed by atoms with E-state index >= 15 is 0 Å². The van der Waals surface area contributed by atoms with Gasteiger partial charge in [0.25, 0.3) is 0 Å². The number of aliphatic hydroxyl groups is 1. The van der Waals surface area contributed by atoms with Crippen LogP contribution in [0.25, 0.3) is 4.91 Å². The summed E-state index contributed by atoms with van der Waals surface area (Å²) in [6.45, 7) is 2.03. The number of thioether (sulfide) groups is 1. The van der Waals surface area contributed by atoms with Crippen LogP contribution in [-0.4, -0.2) is 46.9 Å². The van der Waals surface area contributed by atoms with Gasteiger partial charge in [-0.2, -0.15) is 5.26 Å². The minimum atomic E-state index is -3.70. The number of hydrogen-bond donors (Lipinski definition) is 3. The molecule has 0 spiro atoms. The number of carboxylic acids is 1. The normalized spacial score (nSPS) is 20.4. The first-order chi connectivity index (χ1) is 16.1.